The van der Waals surface area contributed by atoms with Gasteiger partial charge in [0.2, 0.25) is 0 Å². The molecule has 0 aromatic rings. The fraction of sp³-hybridized carbons (Fsp3) is 1.00. The molecule has 0 bridgehead atoms. The lowest BCUT2D eigenvalue weighted by Gasteiger charge is -1.94. The highest BCUT2D eigenvalue weighted by molar-refractivity contribution is 7.85. The normalized spacial score (nSPS) is 10.2. The number of hydrogen-bond acceptors (Lipinski definition) is 4. The highest BCUT2D eigenvalue weighted by Crippen LogP contribution is 1.86. The average molecular weight is 183 g/mol. The Kier molecular flexibility index (Phi) is 9.75. The number of rotatable bonds is 3. The molecule has 0 saturated heterocycles. The van der Waals surface area contributed by atoms with Crippen LogP contribution in [0.15, 0.2) is 0 Å². The summed E-state index contributed by atoms with van der Waals surface area (Å²) < 4.78 is 24.7. The third-order valence-corrected chi connectivity index (χ3v) is 1.10. The quantitative estimate of drug-likeness (QED) is 0.640. The first-order chi connectivity index (χ1) is 4.97. The summed E-state index contributed by atoms with van der Waals surface area (Å²) in [5.41, 5.74) is 4.85. The molecule has 2 N–H and O–H groups in total. The van der Waals surface area contributed by atoms with Crippen molar-refractivity contribution in [2.75, 3.05) is 19.4 Å². The molecule has 0 aromatic carbocycles. The van der Waals surface area contributed by atoms with Crippen LogP contribution in [0.5, 0.6) is 0 Å². The van der Waals surface area contributed by atoms with Crippen LogP contribution in [-0.2, 0) is 14.3 Å². The summed E-state index contributed by atoms with van der Waals surface area (Å²) in [6.07, 6.45) is 1.77. The first kappa shape index (κ1) is 13.5. The Labute approximate surface area is 68.9 Å². The zero-order valence-electron chi connectivity index (χ0n) is 7.33. The Morgan fingerprint density at radius 2 is 1.73 bits per heavy atom. The first-order valence-corrected chi connectivity index (χ1v) is 5.34. The van der Waals surface area contributed by atoms with Crippen LogP contribution in [0.2, 0.25) is 0 Å². The van der Waals surface area contributed by atoms with Crippen LogP contribution in [0.25, 0.3) is 0 Å². The second-order valence-corrected chi connectivity index (χ2v) is 3.58. The number of nitrogens with two attached hydrogens (primary N) is 1. The van der Waals surface area contributed by atoms with E-state index in [1.165, 1.54) is 0 Å². The van der Waals surface area contributed by atoms with Gasteiger partial charge in [0.1, 0.15) is 0 Å². The molecular formula is C6H17NO3S. The third-order valence-electron chi connectivity index (χ3n) is 0.502. The van der Waals surface area contributed by atoms with Gasteiger partial charge in [0.25, 0.3) is 10.1 Å². The average Bonchev–Trinajstić information content (AvgIpc) is 1.84. The minimum absolute atomic E-state index is 0.291. The molecule has 0 radical (unpaired) electrons. The van der Waals surface area contributed by atoms with Crippen LogP contribution in [0, 0.1) is 0 Å². The third kappa shape index (κ3) is 25.8. The number of hydrogen-bond donors (Lipinski definition) is 1. The van der Waals surface area contributed by atoms with E-state index in [1.54, 1.807) is 0 Å². The summed E-state index contributed by atoms with van der Waals surface area (Å²) in [5.74, 6) is 0. The van der Waals surface area contributed by atoms with E-state index < -0.39 is 10.1 Å². The Hall–Kier alpha value is -0.130. The van der Waals surface area contributed by atoms with Gasteiger partial charge in [-0.1, -0.05) is 13.8 Å². The second-order valence-electron chi connectivity index (χ2n) is 1.93. The highest BCUT2D eigenvalue weighted by Gasteiger charge is 1.96. The van der Waals surface area contributed by atoms with Crippen molar-refractivity contribution < 1.29 is 12.6 Å². The largest absolute Gasteiger partial charge is 0.331 e. The molecule has 0 heterocycles. The molecule has 0 amide bonds. The van der Waals surface area contributed by atoms with E-state index in [4.69, 9.17) is 5.73 Å². The maximum absolute atomic E-state index is 10.2. The van der Waals surface area contributed by atoms with Gasteiger partial charge in [-0.25, -0.2) is 0 Å². The summed E-state index contributed by atoms with van der Waals surface area (Å²) in [6, 6.07) is 0. The highest BCUT2D eigenvalue weighted by atomic mass is 32.2. The molecular weight excluding hydrogens is 166 g/mol. The van der Waals surface area contributed by atoms with E-state index in [1.807, 2.05) is 13.8 Å². The van der Waals surface area contributed by atoms with Gasteiger partial charge in [0.05, 0.1) is 12.9 Å². The maximum Gasteiger partial charge on any atom is 0.264 e. The molecule has 0 aliphatic heterocycles. The predicted molar refractivity (Wildman–Crippen MR) is 45.8 cm³/mol. The van der Waals surface area contributed by atoms with Crippen molar-refractivity contribution in [3.05, 3.63) is 0 Å². The van der Waals surface area contributed by atoms with Crippen LogP contribution in [0.1, 0.15) is 20.3 Å². The van der Waals surface area contributed by atoms with Crippen LogP contribution in [-0.4, -0.2) is 27.8 Å². The van der Waals surface area contributed by atoms with E-state index in [0.717, 1.165) is 19.2 Å². The molecule has 70 valence electrons. The van der Waals surface area contributed by atoms with Crippen LogP contribution in [0.3, 0.4) is 0 Å². The van der Waals surface area contributed by atoms with Gasteiger partial charge in [-0.2, -0.15) is 8.42 Å². The molecule has 0 atom stereocenters. The minimum Gasteiger partial charge on any atom is -0.331 e. The summed E-state index contributed by atoms with van der Waals surface area (Å²) in [6.45, 7) is 4.80. The Morgan fingerprint density at radius 1 is 1.36 bits per heavy atom. The summed E-state index contributed by atoms with van der Waals surface area (Å²) in [4.78, 5) is 0. The van der Waals surface area contributed by atoms with Crippen molar-refractivity contribution in [3.8, 4) is 0 Å². The van der Waals surface area contributed by atoms with Gasteiger partial charge in [-0.3, -0.25) is 4.18 Å². The monoisotopic (exact) mass is 183 g/mol. The van der Waals surface area contributed by atoms with Crippen LogP contribution < -0.4 is 5.73 Å². The van der Waals surface area contributed by atoms with Crippen molar-refractivity contribution in [3.63, 3.8) is 0 Å². The minimum atomic E-state index is -3.19. The first-order valence-electron chi connectivity index (χ1n) is 3.52. The van der Waals surface area contributed by atoms with E-state index in [-0.39, 0.29) is 0 Å². The van der Waals surface area contributed by atoms with Crippen molar-refractivity contribution in [2.24, 2.45) is 5.73 Å². The summed E-state index contributed by atoms with van der Waals surface area (Å²) >= 11 is 0. The van der Waals surface area contributed by atoms with Gasteiger partial charge in [-0.05, 0) is 13.0 Å². The lowest BCUT2D eigenvalue weighted by molar-refractivity contribution is 0.322. The molecule has 0 aliphatic carbocycles. The Balaban J connectivity index is 0. The van der Waals surface area contributed by atoms with Crippen molar-refractivity contribution in [1.82, 2.24) is 0 Å². The van der Waals surface area contributed by atoms with Gasteiger partial charge in [-0.15, -0.1) is 0 Å². The Bertz CT molecular complexity index is 153. The molecule has 0 fully saturated rings. The van der Waals surface area contributed by atoms with Crippen molar-refractivity contribution >= 4 is 10.1 Å². The fourth-order valence-electron chi connectivity index (χ4n) is 0.235. The summed E-state index contributed by atoms with van der Waals surface area (Å²) in [7, 11) is -3.19. The second kappa shape index (κ2) is 7.97. The van der Waals surface area contributed by atoms with Gasteiger partial charge in [0.15, 0.2) is 0 Å². The van der Waals surface area contributed by atoms with Crippen molar-refractivity contribution in [2.45, 2.75) is 20.3 Å². The smallest absolute Gasteiger partial charge is 0.264 e. The summed E-state index contributed by atoms with van der Waals surface area (Å²) in [5, 5.41) is 0. The van der Waals surface area contributed by atoms with Crippen LogP contribution in [0.4, 0.5) is 0 Å². The SMILES string of the molecule is CCCOS(C)(=O)=O.CCN. The predicted octanol–water partition coefficient (Wildman–Crippen LogP) is 0.338. The van der Waals surface area contributed by atoms with E-state index >= 15 is 0 Å². The molecule has 0 aliphatic rings. The molecule has 0 spiro atoms. The lowest BCUT2D eigenvalue weighted by Crippen LogP contribution is -2.02. The Morgan fingerprint density at radius 3 is 1.82 bits per heavy atom. The van der Waals surface area contributed by atoms with E-state index in [0.29, 0.717) is 6.61 Å². The van der Waals surface area contributed by atoms with E-state index in [2.05, 4.69) is 4.18 Å². The lowest BCUT2D eigenvalue weighted by atomic mass is 10.5. The maximum atomic E-state index is 10.2. The van der Waals surface area contributed by atoms with E-state index in [9.17, 15) is 8.42 Å². The molecule has 0 aromatic heterocycles. The molecule has 11 heavy (non-hydrogen) atoms. The molecule has 5 heteroatoms. The van der Waals surface area contributed by atoms with Gasteiger partial charge in [0, 0.05) is 0 Å². The van der Waals surface area contributed by atoms with Gasteiger partial charge >= 0.3 is 0 Å². The molecule has 4 nitrogen and oxygen atoms in total. The standard InChI is InChI=1S/C4H10O3S.C2H7N/c1-3-4-7-8(2,5)6;1-2-3/h3-4H2,1-2H3;2-3H2,1H3. The van der Waals surface area contributed by atoms with Crippen LogP contribution >= 0.6 is 0 Å². The van der Waals surface area contributed by atoms with Crippen molar-refractivity contribution in [1.29, 1.82) is 0 Å². The fourth-order valence-corrected chi connectivity index (χ4v) is 0.704. The molecule has 0 rings (SSSR count). The zero-order chi connectivity index (χ0) is 9.33. The van der Waals surface area contributed by atoms with Gasteiger partial charge < -0.3 is 5.73 Å². The molecule has 0 unspecified atom stereocenters. The topological polar surface area (TPSA) is 69.4 Å². The zero-order valence-corrected chi connectivity index (χ0v) is 8.15. The molecule has 0 saturated carbocycles.